The molecule has 0 aliphatic rings. The van der Waals surface area contributed by atoms with E-state index in [-0.39, 0.29) is 24.3 Å². The van der Waals surface area contributed by atoms with Crippen LogP contribution in [-0.4, -0.2) is 60.2 Å². The van der Waals surface area contributed by atoms with E-state index in [0.717, 1.165) is 35.5 Å². The summed E-state index contributed by atoms with van der Waals surface area (Å²) < 4.78 is 11.0. The zero-order chi connectivity index (χ0) is 37.5. The molecule has 15 heteroatoms. The molecule has 2 heterocycles. The average molecular weight is 761 g/mol. The third-order valence-electron chi connectivity index (χ3n) is 7.69. The number of benzene rings is 2. The van der Waals surface area contributed by atoms with Gasteiger partial charge in [0.25, 0.3) is 0 Å². The molecule has 0 aliphatic carbocycles. The molecule has 0 saturated heterocycles. The van der Waals surface area contributed by atoms with Gasteiger partial charge in [0.05, 0.1) is 17.3 Å². The minimum absolute atomic E-state index is 0.0436. The molecule has 52 heavy (non-hydrogen) atoms. The number of thioether (sulfide) groups is 1. The summed E-state index contributed by atoms with van der Waals surface area (Å²) in [6.45, 7) is 4.69. The summed E-state index contributed by atoms with van der Waals surface area (Å²) in [6, 6.07) is 17.4. The second-order valence-corrected chi connectivity index (χ2v) is 13.9. The highest BCUT2D eigenvalue weighted by Gasteiger charge is 2.23. The van der Waals surface area contributed by atoms with Gasteiger partial charge in [0.2, 0.25) is 5.91 Å². The van der Waals surface area contributed by atoms with Crippen LogP contribution in [0.1, 0.15) is 56.4 Å². The number of pyridine rings is 1. The number of nitrogens with two attached hydrogens (primary N) is 2. The minimum Gasteiger partial charge on any atom is -0.490 e. The Morgan fingerprint density at radius 2 is 1.73 bits per heavy atom. The van der Waals surface area contributed by atoms with Gasteiger partial charge in [-0.25, -0.2) is 14.8 Å². The zero-order valence-corrected chi connectivity index (χ0v) is 31.4. The van der Waals surface area contributed by atoms with E-state index in [2.05, 4.69) is 22.8 Å². The predicted molar refractivity (Wildman–Crippen MR) is 205 cm³/mol. The van der Waals surface area contributed by atoms with Crippen molar-refractivity contribution < 1.29 is 19.1 Å². The summed E-state index contributed by atoms with van der Waals surface area (Å²) in [6.07, 6.45) is 2.79. The topological polar surface area (TPSA) is 202 Å². The Balaban J connectivity index is 1.43. The predicted octanol–water partition coefficient (Wildman–Crippen LogP) is 6.27. The maximum absolute atomic E-state index is 12.4. The lowest BCUT2D eigenvalue weighted by Gasteiger charge is -2.17. The second-order valence-electron chi connectivity index (χ2n) is 11.6. The van der Waals surface area contributed by atoms with Crippen LogP contribution in [0.15, 0.2) is 58.9 Å². The molecule has 272 valence electrons. The van der Waals surface area contributed by atoms with E-state index in [1.807, 2.05) is 36.6 Å². The van der Waals surface area contributed by atoms with Gasteiger partial charge in [-0.1, -0.05) is 61.0 Å². The molecule has 0 spiro atoms. The van der Waals surface area contributed by atoms with E-state index >= 15 is 0 Å². The van der Waals surface area contributed by atoms with Gasteiger partial charge in [-0.05, 0) is 62.6 Å². The first-order chi connectivity index (χ1) is 25.2. The van der Waals surface area contributed by atoms with Gasteiger partial charge in [0.15, 0.2) is 0 Å². The van der Waals surface area contributed by atoms with Gasteiger partial charge in [-0.3, -0.25) is 4.79 Å². The third kappa shape index (κ3) is 11.1. The molecule has 0 radical (unpaired) electrons. The van der Waals surface area contributed by atoms with Gasteiger partial charge in [-0.2, -0.15) is 10.5 Å². The summed E-state index contributed by atoms with van der Waals surface area (Å²) in [5, 5.41) is 30.4. The lowest BCUT2D eigenvalue weighted by Crippen LogP contribution is -2.47. The molecule has 4 rings (SSSR count). The van der Waals surface area contributed by atoms with E-state index in [9.17, 15) is 20.1 Å². The number of anilines is 1. The second kappa shape index (κ2) is 20.4. The molecule has 0 aliphatic heterocycles. The standard InChI is InChI=1S/C37H41ClN8O4S2/c1-3-16-43-33-29(19-40)32(30(20-41)36(46-33)52-22-27-21-51-35(45-27)25-7-11-26(38)12-8-25)24-9-13-28(14-10-24)49-17-18-50-37(48)23(2)44-34(47)31(42)6-4-5-15-39/h7-14,21,23,31H,3-6,15-18,22,39,42H2,1-2H3,(H,43,46)(H,44,47)/t23-,31-/m0/s1. The Kier molecular flexibility index (Phi) is 15.7. The van der Waals surface area contributed by atoms with Crippen molar-refractivity contribution in [1.29, 1.82) is 10.5 Å². The van der Waals surface area contributed by atoms with E-state index in [1.165, 1.54) is 30.0 Å². The van der Waals surface area contributed by atoms with Gasteiger partial charge in [0, 0.05) is 33.8 Å². The van der Waals surface area contributed by atoms with Crippen LogP contribution in [0.2, 0.25) is 5.02 Å². The lowest BCUT2D eigenvalue weighted by atomic mass is 9.96. The van der Waals surface area contributed by atoms with Crippen molar-refractivity contribution in [3.8, 4) is 39.6 Å². The average Bonchev–Trinajstić information content (AvgIpc) is 3.63. The molecule has 2 aromatic carbocycles. The molecule has 2 aromatic heterocycles. The number of aromatic nitrogens is 2. The van der Waals surface area contributed by atoms with Crippen molar-refractivity contribution in [3.05, 3.63) is 75.8 Å². The Hall–Kier alpha value is -4.70. The molecular formula is C37H41ClN8O4S2. The third-order valence-corrected chi connectivity index (χ3v) is 9.89. The maximum atomic E-state index is 12.4. The van der Waals surface area contributed by atoms with E-state index in [4.69, 9.17) is 42.5 Å². The molecule has 0 saturated carbocycles. The number of ether oxygens (including phenoxy) is 2. The molecule has 1 amide bonds. The van der Waals surface area contributed by atoms with Crippen molar-refractivity contribution in [2.45, 2.75) is 62.4 Å². The molecule has 4 aromatic rings. The van der Waals surface area contributed by atoms with Crippen LogP contribution in [0.4, 0.5) is 5.82 Å². The van der Waals surface area contributed by atoms with Crippen LogP contribution in [0, 0.1) is 22.7 Å². The highest BCUT2D eigenvalue weighted by molar-refractivity contribution is 7.98. The number of esters is 1. The van der Waals surface area contributed by atoms with Gasteiger partial charge in [0.1, 0.15) is 58.6 Å². The highest BCUT2D eigenvalue weighted by atomic mass is 35.5. The first-order valence-electron chi connectivity index (χ1n) is 16.8. The van der Waals surface area contributed by atoms with Crippen LogP contribution < -0.4 is 26.8 Å². The Labute approximate surface area is 316 Å². The zero-order valence-electron chi connectivity index (χ0n) is 29.0. The highest BCUT2D eigenvalue weighted by Crippen LogP contribution is 2.38. The van der Waals surface area contributed by atoms with Crippen molar-refractivity contribution in [1.82, 2.24) is 15.3 Å². The fraction of sp³-hybridized carbons (Fsp3) is 0.351. The lowest BCUT2D eigenvalue weighted by molar-refractivity contribution is -0.148. The van der Waals surface area contributed by atoms with E-state index in [1.54, 1.807) is 24.3 Å². The summed E-state index contributed by atoms with van der Waals surface area (Å²) in [7, 11) is 0. The van der Waals surface area contributed by atoms with Gasteiger partial charge < -0.3 is 31.6 Å². The van der Waals surface area contributed by atoms with Crippen LogP contribution in [0.3, 0.4) is 0 Å². The number of halogens is 1. The van der Waals surface area contributed by atoms with Gasteiger partial charge >= 0.3 is 5.97 Å². The number of nitriles is 2. The molecule has 12 nitrogen and oxygen atoms in total. The van der Waals surface area contributed by atoms with Crippen molar-refractivity contribution >= 4 is 52.4 Å². The van der Waals surface area contributed by atoms with Crippen LogP contribution in [0.25, 0.3) is 21.7 Å². The fourth-order valence-electron chi connectivity index (χ4n) is 4.94. The number of hydrogen-bond donors (Lipinski definition) is 4. The molecule has 0 unspecified atom stereocenters. The van der Waals surface area contributed by atoms with Crippen LogP contribution in [0.5, 0.6) is 5.75 Å². The first-order valence-corrected chi connectivity index (χ1v) is 19.0. The number of amides is 1. The molecule has 0 bridgehead atoms. The summed E-state index contributed by atoms with van der Waals surface area (Å²) in [5.74, 6) is 0.338. The van der Waals surface area contributed by atoms with E-state index in [0.29, 0.717) is 58.0 Å². The summed E-state index contributed by atoms with van der Waals surface area (Å²) >= 11 is 8.95. The Morgan fingerprint density at radius 1 is 1.02 bits per heavy atom. The molecule has 6 N–H and O–H groups in total. The normalized spacial score (nSPS) is 11.9. The molecular weight excluding hydrogens is 720 g/mol. The Bertz CT molecular complexity index is 1890. The van der Waals surface area contributed by atoms with Crippen molar-refractivity contribution in [3.63, 3.8) is 0 Å². The summed E-state index contributed by atoms with van der Waals surface area (Å²) in [4.78, 5) is 34.1. The van der Waals surface area contributed by atoms with E-state index < -0.39 is 24.0 Å². The largest absolute Gasteiger partial charge is 0.490 e. The SMILES string of the molecule is CCCNc1nc(SCc2csc(-c3ccc(Cl)cc3)n2)c(C#N)c(-c2ccc(OCCOC(=O)[C@H](C)NC(=O)[C@@H](N)CCCCN)cc2)c1C#N. The minimum atomic E-state index is -0.871. The smallest absolute Gasteiger partial charge is 0.328 e. The number of hydrogen-bond acceptors (Lipinski definition) is 13. The number of nitrogens with one attached hydrogen (secondary N) is 2. The molecule has 2 atom stereocenters. The first kappa shape index (κ1) is 40.1. The number of nitrogens with zero attached hydrogens (tertiary/aromatic N) is 4. The quantitative estimate of drug-likeness (QED) is 0.0475. The van der Waals surface area contributed by atoms with Crippen molar-refractivity contribution in [2.75, 3.05) is 31.6 Å². The van der Waals surface area contributed by atoms with Crippen LogP contribution in [-0.2, 0) is 20.1 Å². The monoisotopic (exact) mass is 760 g/mol. The number of thiazole rings is 1. The number of carbonyl (C=O) groups excluding carboxylic acids is 2. The fourth-order valence-corrected chi connectivity index (χ4v) is 6.88. The molecule has 0 fully saturated rings. The van der Waals surface area contributed by atoms with Crippen LogP contribution >= 0.6 is 34.7 Å². The number of unbranched alkanes of at least 4 members (excludes halogenated alkanes) is 1. The van der Waals surface area contributed by atoms with Gasteiger partial charge in [-0.15, -0.1) is 11.3 Å². The number of rotatable bonds is 19. The number of carbonyl (C=O) groups is 2. The van der Waals surface area contributed by atoms with Crippen molar-refractivity contribution in [2.24, 2.45) is 11.5 Å². The maximum Gasteiger partial charge on any atom is 0.328 e. The Morgan fingerprint density at radius 3 is 2.40 bits per heavy atom. The summed E-state index contributed by atoms with van der Waals surface area (Å²) in [5.41, 5.74) is 14.8.